The average molecular weight is 251 g/mol. The first kappa shape index (κ1) is 12.8. The molecular formula is C15H23OS+. The van der Waals surface area contributed by atoms with Crippen LogP contribution in [0.3, 0.4) is 0 Å². The average Bonchev–Trinajstić information content (AvgIpc) is 2.49. The van der Waals surface area contributed by atoms with Gasteiger partial charge in [-0.2, -0.15) is 0 Å². The maximum absolute atomic E-state index is 9.87. The fourth-order valence-electron chi connectivity index (χ4n) is 2.92. The van der Waals surface area contributed by atoms with Gasteiger partial charge in [0.05, 0.1) is 0 Å². The monoisotopic (exact) mass is 251 g/mol. The van der Waals surface area contributed by atoms with Crippen LogP contribution in [0.2, 0.25) is 0 Å². The highest BCUT2D eigenvalue weighted by Crippen LogP contribution is 2.44. The van der Waals surface area contributed by atoms with Crippen molar-refractivity contribution in [3.05, 3.63) is 23.3 Å². The summed E-state index contributed by atoms with van der Waals surface area (Å²) in [5.41, 5.74) is 2.03. The van der Waals surface area contributed by atoms with Crippen LogP contribution in [0.25, 0.3) is 0 Å². The van der Waals surface area contributed by atoms with Gasteiger partial charge in [0, 0.05) is 23.7 Å². The van der Waals surface area contributed by atoms with Crippen LogP contribution < -0.4 is 0 Å². The number of benzene rings is 1. The number of aryl methyl sites for hydroxylation is 2. The number of hydrogen-bond donors (Lipinski definition) is 1. The van der Waals surface area contributed by atoms with E-state index in [0.29, 0.717) is 21.4 Å². The normalized spacial score (nSPS) is 27.4. The molecule has 1 nitrogen and oxygen atoms in total. The summed E-state index contributed by atoms with van der Waals surface area (Å²) >= 11 is 0. The van der Waals surface area contributed by atoms with Gasteiger partial charge >= 0.3 is 0 Å². The molecule has 2 unspecified atom stereocenters. The van der Waals surface area contributed by atoms with Crippen molar-refractivity contribution in [3.8, 4) is 5.75 Å². The smallest absolute Gasteiger partial charge is 0.156 e. The standard InChI is InChI=1S/C15H22OS/c1-10-8-13(9-11(2)14(10)16)17-12(3)6-7-15(17,4)5/h8-9,12H,6-7H2,1-5H3/p+1. The van der Waals surface area contributed by atoms with Gasteiger partial charge in [0.1, 0.15) is 15.7 Å². The highest BCUT2D eigenvalue weighted by molar-refractivity contribution is 7.99. The molecule has 94 valence electrons. The number of phenolic OH excluding ortho intramolecular Hbond substituents is 1. The van der Waals surface area contributed by atoms with E-state index in [1.54, 1.807) is 0 Å². The van der Waals surface area contributed by atoms with Crippen molar-refractivity contribution in [1.82, 2.24) is 0 Å². The van der Waals surface area contributed by atoms with E-state index in [1.165, 1.54) is 17.7 Å². The number of phenols is 1. The second kappa shape index (κ2) is 4.24. The Balaban J connectivity index is 2.47. The van der Waals surface area contributed by atoms with Gasteiger partial charge in [-0.05, 0) is 57.9 Å². The van der Waals surface area contributed by atoms with E-state index in [4.69, 9.17) is 0 Å². The Morgan fingerprint density at radius 1 is 1.24 bits per heavy atom. The van der Waals surface area contributed by atoms with E-state index < -0.39 is 0 Å². The SMILES string of the molecule is Cc1cc([S+]2C(C)CCC2(C)C)cc(C)c1O. The summed E-state index contributed by atoms with van der Waals surface area (Å²) in [7, 11) is 0.314. The quantitative estimate of drug-likeness (QED) is 0.749. The van der Waals surface area contributed by atoms with E-state index >= 15 is 0 Å². The molecule has 1 aliphatic rings. The topological polar surface area (TPSA) is 20.2 Å². The molecule has 1 N–H and O–H groups in total. The van der Waals surface area contributed by atoms with E-state index in [0.717, 1.165) is 16.4 Å². The van der Waals surface area contributed by atoms with Gasteiger partial charge in [0.2, 0.25) is 0 Å². The molecule has 1 aromatic carbocycles. The Hall–Kier alpha value is -0.630. The Morgan fingerprint density at radius 2 is 1.76 bits per heavy atom. The summed E-state index contributed by atoms with van der Waals surface area (Å²) in [5, 5.41) is 10.6. The van der Waals surface area contributed by atoms with Crippen LogP contribution in [0.15, 0.2) is 17.0 Å². The van der Waals surface area contributed by atoms with Crippen LogP contribution in [0.4, 0.5) is 0 Å². The first-order valence-corrected chi connectivity index (χ1v) is 7.65. The van der Waals surface area contributed by atoms with Crippen LogP contribution in [0.5, 0.6) is 5.75 Å². The van der Waals surface area contributed by atoms with Crippen LogP contribution in [0, 0.1) is 13.8 Å². The molecule has 0 aromatic heterocycles. The Kier molecular flexibility index (Phi) is 3.19. The van der Waals surface area contributed by atoms with Crippen molar-refractivity contribution in [1.29, 1.82) is 0 Å². The van der Waals surface area contributed by atoms with Crippen LogP contribution in [-0.2, 0) is 10.9 Å². The van der Waals surface area contributed by atoms with Crippen molar-refractivity contribution in [2.24, 2.45) is 0 Å². The molecule has 0 bridgehead atoms. The van der Waals surface area contributed by atoms with Crippen LogP contribution in [0.1, 0.15) is 44.7 Å². The number of aromatic hydroxyl groups is 1. The minimum Gasteiger partial charge on any atom is -0.507 e. The van der Waals surface area contributed by atoms with Gasteiger partial charge in [0.25, 0.3) is 0 Å². The van der Waals surface area contributed by atoms with E-state index in [1.807, 2.05) is 13.8 Å². The Bertz CT molecular complexity index is 414. The van der Waals surface area contributed by atoms with Gasteiger partial charge in [-0.3, -0.25) is 0 Å². The predicted octanol–water partition coefficient (Wildman–Crippen LogP) is 3.95. The van der Waals surface area contributed by atoms with Gasteiger partial charge in [-0.15, -0.1) is 0 Å². The zero-order valence-electron chi connectivity index (χ0n) is 11.5. The molecule has 0 radical (unpaired) electrons. The highest BCUT2D eigenvalue weighted by atomic mass is 32.2. The molecule has 1 aliphatic heterocycles. The fraction of sp³-hybridized carbons (Fsp3) is 0.600. The fourth-order valence-corrected chi connectivity index (χ4v) is 6.41. The maximum atomic E-state index is 9.87. The molecule has 0 aliphatic carbocycles. The van der Waals surface area contributed by atoms with Crippen molar-refractivity contribution in [2.45, 2.75) is 62.4 Å². The van der Waals surface area contributed by atoms with E-state index in [9.17, 15) is 5.11 Å². The summed E-state index contributed by atoms with van der Waals surface area (Å²) in [6.07, 6.45) is 2.64. The second-order valence-corrected chi connectivity index (χ2v) is 8.91. The summed E-state index contributed by atoms with van der Waals surface area (Å²) in [6.45, 7) is 11.1. The highest BCUT2D eigenvalue weighted by Gasteiger charge is 2.50. The zero-order chi connectivity index (χ0) is 12.8. The molecule has 0 saturated carbocycles. The zero-order valence-corrected chi connectivity index (χ0v) is 12.3. The lowest BCUT2D eigenvalue weighted by molar-refractivity contribution is 0.466. The third kappa shape index (κ3) is 2.20. The molecule has 2 atom stereocenters. The summed E-state index contributed by atoms with van der Waals surface area (Å²) in [6, 6.07) is 4.38. The lowest BCUT2D eigenvalue weighted by Crippen LogP contribution is -2.30. The lowest BCUT2D eigenvalue weighted by atomic mass is 10.1. The number of hydrogen-bond acceptors (Lipinski definition) is 1. The molecule has 2 heteroatoms. The molecule has 1 fully saturated rings. The van der Waals surface area contributed by atoms with Crippen molar-refractivity contribution < 1.29 is 5.11 Å². The van der Waals surface area contributed by atoms with Gasteiger partial charge in [-0.1, -0.05) is 0 Å². The largest absolute Gasteiger partial charge is 0.507 e. The second-order valence-electron chi connectivity index (χ2n) is 5.85. The van der Waals surface area contributed by atoms with Crippen LogP contribution in [-0.4, -0.2) is 15.1 Å². The third-order valence-electron chi connectivity index (χ3n) is 3.87. The lowest BCUT2D eigenvalue weighted by Gasteiger charge is -2.21. The molecule has 17 heavy (non-hydrogen) atoms. The third-order valence-corrected chi connectivity index (χ3v) is 7.05. The minimum absolute atomic E-state index is 0.314. The van der Waals surface area contributed by atoms with Gasteiger partial charge in [0.15, 0.2) is 4.90 Å². The minimum atomic E-state index is 0.314. The molecule has 2 rings (SSSR count). The molecule has 0 spiro atoms. The maximum Gasteiger partial charge on any atom is 0.156 e. The van der Waals surface area contributed by atoms with Crippen molar-refractivity contribution in [2.75, 3.05) is 0 Å². The molecule has 0 amide bonds. The first-order valence-electron chi connectivity index (χ1n) is 6.36. The number of rotatable bonds is 1. The first-order chi connectivity index (χ1) is 7.83. The summed E-state index contributed by atoms with van der Waals surface area (Å²) < 4.78 is 0.412. The molecular weight excluding hydrogens is 228 g/mol. The summed E-state index contributed by atoms with van der Waals surface area (Å²) in [5.74, 6) is 0.460. The Labute approximate surface area is 108 Å². The Morgan fingerprint density at radius 3 is 2.18 bits per heavy atom. The predicted molar refractivity (Wildman–Crippen MR) is 76.0 cm³/mol. The van der Waals surface area contributed by atoms with Crippen LogP contribution >= 0.6 is 0 Å². The van der Waals surface area contributed by atoms with Crippen molar-refractivity contribution in [3.63, 3.8) is 0 Å². The van der Waals surface area contributed by atoms with Crippen molar-refractivity contribution >= 4 is 10.9 Å². The van der Waals surface area contributed by atoms with E-state index in [-0.39, 0.29) is 0 Å². The molecule has 1 heterocycles. The summed E-state index contributed by atoms with van der Waals surface area (Å²) in [4.78, 5) is 1.44. The van der Waals surface area contributed by atoms with Gasteiger partial charge < -0.3 is 5.11 Å². The molecule has 1 aromatic rings. The molecule has 1 saturated heterocycles. The van der Waals surface area contributed by atoms with Gasteiger partial charge in [-0.25, -0.2) is 0 Å². The van der Waals surface area contributed by atoms with E-state index in [2.05, 4.69) is 32.9 Å².